The molecule has 2 aromatic heterocycles. The molecule has 0 saturated heterocycles. The van der Waals surface area contributed by atoms with Crippen LogP contribution in [0.3, 0.4) is 0 Å². The molecule has 2 aromatic rings. The summed E-state index contributed by atoms with van der Waals surface area (Å²) >= 11 is 1.65. The van der Waals surface area contributed by atoms with E-state index in [-0.39, 0.29) is 0 Å². The predicted molar refractivity (Wildman–Crippen MR) is 65.4 cm³/mol. The average molecular weight is 234 g/mol. The van der Waals surface area contributed by atoms with Crippen molar-refractivity contribution in [1.29, 1.82) is 0 Å². The summed E-state index contributed by atoms with van der Waals surface area (Å²) in [6, 6.07) is 3.92. The van der Waals surface area contributed by atoms with Gasteiger partial charge < -0.3 is 5.32 Å². The van der Waals surface area contributed by atoms with Gasteiger partial charge in [0.05, 0.1) is 0 Å². The van der Waals surface area contributed by atoms with Gasteiger partial charge in [-0.3, -0.25) is 4.98 Å². The fourth-order valence-corrected chi connectivity index (χ4v) is 2.25. The van der Waals surface area contributed by atoms with Crippen LogP contribution in [0.25, 0.3) is 10.6 Å². The fraction of sp³-hybridized carbons (Fsp3) is 0.364. The third kappa shape index (κ3) is 2.84. The molecule has 5 heteroatoms. The highest BCUT2D eigenvalue weighted by Gasteiger charge is 2.05. The lowest BCUT2D eigenvalue weighted by atomic mass is 10.3. The predicted octanol–water partition coefficient (Wildman–Crippen LogP) is 1.75. The van der Waals surface area contributed by atoms with Crippen molar-refractivity contribution in [1.82, 2.24) is 20.5 Å². The van der Waals surface area contributed by atoms with Crippen molar-refractivity contribution in [3.8, 4) is 10.6 Å². The molecule has 4 nitrogen and oxygen atoms in total. The molecule has 0 amide bonds. The highest BCUT2D eigenvalue weighted by molar-refractivity contribution is 7.14. The Bertz CT molecular complexity index is 427. The number of rotatable bonds is 5. The van der Waals surface area contributed by atoms with Gasteiger partial charge in [-0.1, -0.05) is 11.3 Å². The van der Waals surface area contributed by atoms with E-state index in [4.69, 9.17) is 0 Å². The van der Waals surface area contributed by atoms with Crippen molar-refractivity contribution in [2.45, 2.75) is 12.8 Å². The van der Waals surface area contributed by atoms with Gasteiger partial charge in [0.1, 0.15) is 10.0 Å². The van der Waals surface area contributed by atoms with Crippen LogP contribution in [0.5, 0.6) is 0 Å². The molecule has 0 aromatic carbocycles. The van der Waals surface area contributed by atoms with Crippen molar-refractivity contribution < 1.29 is 0 Å². The van der Waals surface area contributed by atoms with Gasteiger partial charge in [0, 0.05) is 24.4 Å². The maximum atomic E-state index is 4.18. The third-order valence-corrected chi connectivity index (χ3v) is 3.22. The second-order valence-corrected chi connectivity index (χ2v) is 4.51. The van der Waals surface area contributed by atoms with Crippen molar-refractivity contribution >= 4 is 11.3 Å². The van der Waals surface area contributed by atoms with E-state index < -0.39 is 0 Å². The van der Waals surface area contributed by atoms with Crippen molar-refractivity contribution in [3.63, 3.8) is 0 Å². The summed E-state index contributed by atoms with van der Waals surface area (Å²) in [6.07, 6.45) is 5.66. The first kappa shape index (κ1) is 11.2. The normalized spacial score (nSPS) is 10.6. The summed E-state index contributed by atoms with van der Waals surface area (Å²) in [7, 11) is 1.96. The molecule has 0 bridgehead atoms. The molecule has 2 heterocycles. The lowest BCUT2D eigenvalue weighted by molar-refractivity contribution is 0.718. The number of hydrogen-bond donors (Lipinski definition) is 1. The van der Waals surface area contributed by atoms with E-state index in [0.717, 1.165) is 35.0 Å². The minimum atomic E-state index is 0.951. The highest BCUT2D eigenvalue weighted by atomic mass is 32.1. The molecular formula is C11H14N4S. The van der Waals surface area contributed by atoms with E-state index in [1.165, 1.54) is 0 Å². The van der Waals surface area contributed by atoms with Gasteiger partial charge in [0.25, 0.3) is 0 Å². The third-order valence-electron chi connectivity index (χ3n) is 2.19. The van der Waals surface area contributed by atoms with Gasteiger partial charge in [-0.05, 0) is 32.1 Å². The Hall–Kier alpha value is -1.33. The van der Waals surface area contributed by atoms with Gasteiger partial charge in [-0.25, -0.2) is 0 Å². The molecule has 0 unspecified atom stereocenters. The number of aryl methyl sites for hydroxylation is 1. The van der Waals surface area contributed by atoms with Crippen molar-refractivity contribution in [2.75, 3.05) is 13.6 Å². The van der Waals surface area contributed by atoms with E-state index in [0.29, 0.717) is 0 Å². The van der Waals surface area contributed by atoms with E-state index in [1.807, 2.05) is 25.4 Å². The zero-order chi connectivity index (χ0) is 11.2. The van der Waals surface area contributed by atoms with Crippen LogP contribution in [0, 0.1) is 0 Å². The van der Waals surface area contributed by atoms with Gasteiger partial charge in [-0.2, -0.15) is 0 Å². The molecule has 0 atom stereocenters. The Morgan fingerprint density at radius 3 is 3.06 bits per heavy atom. The topological polar surface area (TPSA) is 50.7 Å². The number of nitrogens with one attached hydrogen (secondary N) is 1. The number of pyridine rings is 1. The molecule has 0 radical (unpaired) electrons. The van der Waals surface area contributed by atoms with E-state index in [9.17, 15) is 0 Å². The monoisotopic (exact) mass is 234 g/mol. The molecule has 0 fully saturated rings. The quantitative estimate of drug-likeness (QED) is 0.801. The average Bonchev–Trinajstić information content (AvgIpc) is 2.79. The van der Waals surface area contributed by atoms with Gasteiger partial charge in [-0.15, -0.1) is 10.2 Å². The molecule has 0 saturated carbocycles. The number of nitrogens with zero attached hydrogens (tertiary/aromatic N) is 3. The van der Waals surface area contributed by atoms with Crippen LogP contribution in [-0.4, -0.2) is 28.8 Å². The molecule has 0 spiro atoms. The van der Waals surface area contributed by atoms with Gasteiger partial charge in [0.15, 0.2) is 0 Å². The Morgan fingerprint density at radius 2 is 2.31 bits per heavy atom. The zero-order valence-electron chi connectivity index (χ0n) is 9.18. The standard InChI is InChI=1S/C11H14N4S/c1-12-6-3-5-10-14-15-11(16-10)9-4-2-7-13-8-9/h2,4,7-8,12H,3,5-6H2,1H3. The summed E-state index contributed by atoms with van der Waals surface area (Å²) in [5, 5.41) is 13.5. The summed E-state index contributed by atoms with van der Waals surface area (Å²) in [5.74, 6) is 0. The summed E-state index contributed by atoms with van der Waals surface area (Å²) in [6.45, 7) is 1.02. The van der Waals surface area contributed by atoms with Crippen LogP contribution in [0.4, 0.5) is 0 Å². The van der Waals surface area contributed by atoms with Crippen LogP contribution in [0.15, 0.2) is 24.5 Å². The van der Waals surface area contributed by atoms with Crippen molar-refractivity contribution in [2.24, 2.45) is 0 Å². The van der Waals surface area contributed by atoms with Crippen molar-refractivity contribution in [3.05, 3.63) is 29.5 Å². The first-order valence-corrected chi connectivity index (χ1v) is 6.09. The molecule has 0 aliphatic carbocycles. The van der Waals surface area contributed by atoms with Crippen LogP contribution in [-0.2, 0) is 6.42 Å². The summed E-state index contributed by atoms with van der Waals surface area (Å²) < 4.78 is 0. The smallest absolute Gasteiger partial charge is 0.149 e. The molecule has 0 aliphatic rings. The van der Waals surface area contributed by atoms with E-state index in [2.05, 4.69) is 20.5 Å². The molecule has 2 rings (SSSR count). The van der Waals surface area contributed by atoms with Crippen LogP contribution < -0.4 is 5.32 Å². The molecule has 1 N–H and O–H groups in total. The van der Waals surface area contributed by atoms with E-state index in [1.54, 1.807) is 17.5 Å². The Morgan fingerprint density at radius 1 is 1.38 bits per heavy atom. The Balaban J connectivity index is 2.02. The Kier molecular flexibility index (Phi) is 3.96. The Labute approximate surface area is 98.8 Å². The maximum Gasteiger partial charge on any atom is 0.149 e. The second-order valence-electron chi connectivity index (χ2n) is 3.45. The minimum absolute atomic E-state index is 0.951. The summed E-state index contributed by atoms with van der Waals surface area (Å²) in [5.41, 5.74) is 1.04. The van der Waals surface area contributed by atoms with E-state index >= 15 is 0 Å². The first-order chi connectivity index (χ1) is 7.90. The molecule has 84 valence electrons. The molecule has 16 heavy (non-hydrogen) atoms. The first-order valence-electron chi connectivity index (χ1n) is 5.27. The number of hydrogen-bond acceptors (Lipinski definition) is 5. The second kappa shape index (κ2) is 5.67. The molecular weight excluding hydrogens is 220 g/mol. The van der Waals surface area contributed by atoms with Crippen LogP contribution in [0.2, 0.25) is 0 Å². The SMILES string of the molecule is CNCCCc1nnc(-c2cccnc2)s1. The number of aromatic nitrogens is 3. The zero-order valence-corrected chi connectivity index (χ0v) is 10.00. The van der Waals surface area contributed by atoms with Gasteiger partial charge in [0.2, 0.25) is 0 Å². The summed E-state index contributed by atoms with van der Waals surface area (Å²) in [4.78, 5) is 4.07. The highest BCUT2D eigenvalue weighted by Crippen LogP contribution is 2.22. The maximum absolute atomic E-state index is 4.18. The minimum Gasteiger partial charge on any atom is -0.320 e. The largest absolute Gasteiger partial charge is 0.320 e. The van der Waals surface area contributed by atoms with Gasteiger partial charge >= 0.3 is 0 Å². The lowest BCUT2D eigenvalue weighted by Gasteiger charge is -1.94. The fourth-order valence-electron chi connectivity index (χ4n) is 1.38. The van der Waals surface area contributed by atoms with Crippen LogP contribution >= 0.6 is 11.3 Å². The van der Waals surface area contributed by atoms with Crippen LogP contribution in [0.1, 0.15) is 11.4 Å². The lowest BCUT2D eigenvalue weighted by Crippen LogP contribution is -2.08. The molecule has 0 aliphatic heterocycles.